The zero-order valence-electron chi connectivity index (χ0n) is 17.3. The molecule has 172 valence electrons. The Morgan fingerprint density at radius 1 is 1.25 bits per heavy atom. The Bertz CT molecular complexity index is 1150. The second-order valence-electron chi connectivity index (χ2n) is 7.09. The van der Waals surface area contributed by atoms with Crippen LogP contribution in [0.25, 0.3) is 10.9 Å². The first-order valence-corrected chi connectivity index (χ1v) is 9.59. The van der Waals surface area contributed by atoms with E-state index >= 15 is 0 Å². The molecule has 3 aromatic rings. The van der Waals surface area contributed by atoms with Crippen molar-refractivity contribution in [1.29, 1.82) is 0 Å². The fourth-order valence-corrected chi connectivity index (χ4v) is 3.17. The van der Waals surface area contributed by atoms with Gasteiger partial charge in [0.2, 0.25) is 0 Å². The van der Waals surface area contributed by atoms with E-state index in [2.05, 4.69) is 10.2 Å². The van der Waals surface area contributed by atoms with E-state index in [1.54, 1.807) is 31.2 Å². The third-order valence-corrected chi connectivity index (χ3v) is 4.80. The van der Waals surface area contributed by atoms with Crippen LogP contribution in [0.3, 0.4) is 0 Å². The summed E-state index contributed by atoms with van der Waals surface area (Å²) in [6, 6.07) is 6.12. The van der Waals surface area contributed by atoms with Crippen molar-refractivity contribution in [2.75, 3.05) is 20.3 Å². The fourth-order valence-electron chi connectivity index (χ4n) is 3.17. The number of methoxy groups -OCH3 is 1. The molecule has 32 heavy (non-hydrogen) atoms. The first-order chi connectivity index (χ1) is 15.1. The van der Waals surface area contributed by atoms with Crippen molar-refractivity contribution in [2.24, 2.45) is 0 Å². The lowest BCUT2D eigenvalue weighted by Crippen LogP contribution is -2.25. The number of carboxylic acid groups (broad SMARTS) is 1. The van der Waals surface area contributed by atoms with Crippen molar-refractivity contribution in [3.8, 4) is 5.75 Å². The van der Waals surface area contributed by atoms with E-state index in [1.807, 2.05) is 0 Å². The summed E-state index contributed by atoms with van der Waals surface area (Å²) in [5.74, 6) is -0.547. The predicted octanol–water partition coefficient (Wildman–Crippen LogP) is 2.72. The van der Waals surface area contributed by atoms with Gasteiger partial charge < -0.3 is 14.6 Å². The Balaban J connectivity index is 1.96. The number of halogens is 3. The van der Waals surface area contributed by atoms with Gasteiger partial charge in [0.05, 0.1) is 31.4 Å². The molecule has 0 aliphatic rings. The van der Waals surface area contributed by atoms with Crippen molar-refractivity contribution < 1.29 is 32.5 Å². The number of nitrogens with zero attached hydrogens (tertiary/aromatic N) is 4. The second kappa shape index (κ2) is 9.39. The first kappa shape index (κ1) is 23.3. The highest BCUT2D eigenvalue weighted by atomic mass is 19.4. The lowest BCUT2D eigenvalue weighted by Gasteiger charge is -2.13. The summed E-state index contributed by atoms with van der Waals surface area (Å²) in [6.07, 6.45) is -3.48. The molecule has 1 aromatic carbocycles. The maximum atomic E-state index is 13.7. The molecule has 1 unspecified atom stereocenters. The SMILES string of the molecule is COc1ccc(Cn2ncc3c(c(C(F)(F)F)nn3C(C)CCOCC(=O)O)c2=O)cc1. The van der Waals surface area contributed by atoms with Crippen molar-refractivity contribution in [3.63, 3.8) is 0 Å². The van der Waals surface area contributed by atoms with E-state index in [1.165, 1.54) is 13.3 Å². The number of alkyl halides is 3. The van der Waals surface area contributed by atoms with Crippen molar-refractivity contribution >= 4 is 16.9 Å². The molecule has 0 fully saturated rings. The minimum atomic E-state index is -4.85. The molecular formula is C20H21F3N4O5. The molecule has 0 bridgehead atoms. The van der Waals surface area contributed by atoms with Crippen LogP contribution in [0.4, 0.5) is 13.2 Å². The molecule has 0 saturated carbocycles. The number of carboxylic acids is 1. The van der Waals surface area contributed by atoms with E-state index in [0.717, 1.165) is 9.36 Å². The summed E-state index contributed by atoms with van der Waals surface area (Å²) in [4.78, 5) is 23.4. The van der Waals surface area contributed by atoms with Crippen LogP contribution in [0.2, 0.25) is 0 Å². The number of hydrogen-bond acceptors (Lipinski definition) is 6. The molecule has 0 saturated heterocycles. The third kappa shape index (κ3) is 5.07. The summed E-state index contributed by atoms with van der Waals surface area (Å²) >= 11 is 0. The molecule has 2 heterocycles. The van der Waals surface area contributed by atoms with E-state index in [9.17, 15) is 22.8 Å². The van der Waals surface area contributed by atoms with Gasteiger partial charge in [0.1, 0.15) is 17.7 Å². The number of aromatic nitrogens is 4. The standard InChI is InChI=1S/C20H21F3N4O5/c1-12(7-8-32-11-16(28)29)27-15-9-24-26(10-13-3-5-14(31-2)6-4-13)19(30)17(15)18(25-27)20(21,22)23/h3-6,9,12H,7-8,10-11H2,1-2H3,(H,28,29). The summed E-state index contributed by atoms with van der Waals surface area (Å²) in [6.45, 7) is 1.05. The van der Waals surface area contributed by atoms with Crippen LogP contribution >= 0.6 is 0 Å². The number of fused-ring (bicyclic) bond motifs is 1. The van der Waals surface area contributed by atoms with Crippen LogP contribution in [0.15, 0.2) is 35.3 Å². The van der Waals surface area contributed by atoms with E-state index < -0.39 is 41.4 Å². The normalized spacial score (nSPS) is 12.8. The van der Waals surface area contributed by atoms with Crippen molar-refractivity contribution in [3.05, 3.63) is 52.1 Å². The van der Waals surface area contributed by atoms with Gasteiger partial charge in [0.15, 0.2) is 5.69 Å². The lowest BCUT2D eigenvalue weighted by molar-refractivity contribution is -0.142. The molecule has 0 radical (unpaired) electrons. The van der Waals surface area contributed by atoms with Gasteiger partial charge in [-0.1, -0.05) is 12.1 Å². The molecule has 0 aliphatic carbocycles. The van der Waals surface area contributed by atoms with Crippen LogP contribution in [0, 0.1) is 0 Å². The number of hydrogen-bond donors (Lipinski definition) is 1. The molecule has 0 amide bonds. The van der Waals surface area contributed by atoms with Crippen molar-refractivity contribution in [1.82, 2.24) is 19.6 Å². The van der Waals surface area contributed by atoms with Crippen molar-refractivity contribution in [2.45, 2.75) is 32.1 Å². The number of carbonyl (C=O) groups is 1. The molecule has 3 rings (SSSR count). The van der Waals surface area contributed by atoms with E-state index in [0.29, 0.717) is 11.3 Å². The number of benzene rings is 1. The number of rotatable bonds is 9. The summed E-state index contributed by atoms with van der Waals surface area (Å²) in [5, 5.41) is 15.7. The molecular weight excluding hydrogens is 433 g/mol. The molecule has 2 aromatic heterocycles. The Hall–Kier alpha value is -3.41. The molecule has 9 nitrogen and oxygen atoms in total. The van der Waals surface area contributed by atoms with Gasteiger partial charge in [-0.05, 0) is 31.0 Å². The highest BCUT2D eigenvalue weighted by molar-refractivity contribution is 5.80. The van der Waals surface area contributed by atoms with Gasteiger partial charge in [-0.15, -0.1) is 0 Å². The van der Waals surface area contributed by atoms with E-state index in [4.69, 9.17) is 14.6 Å². The average Bonchev–Trinajstić information content (AvgIpc) is 3.14. The molecule has 12 heteroatoms. The van der Waals surface area contributed by atoms with Crippen LogP contribution in [0.1, 0.15) is 30.6 Å². The first-order valence-electron chi connectivity index (χ1n) is 9.59. The summed E-state index contributed by atoms with van der Waals surface area (Å²) in [7, 11) is 1.50. The summed E-state index contributed by atoms with van der Waals surface area (Å²) in [5.41, 5.74) is -1.60. The van der Waals surface area contributed by atoms with Gasteiger partial charge in [0.25, 0.3) is 5.56 Å². The Morgan fingerprint density at radius 2 is 1.94 bits per heavy atom. The monoisotopic (exact) mass is 454 g/mol. The Labute approximate surface area is 180 Å². The molecule has 0 aliphatic heterocycles. The maximum Gasteiger partial charge on any atom is 0.435 e. The minimum absolute atomic E-state index is 0.00185. The number of aliphatic carboxylic acids is 1. The zero-order chi connectivity index (χ0) is 23.5. The largest absolute Gasteiger partial charge is 0.497 e. The molecule has 1 N–H and O–H groups in total. The third-order valence-electron chi connectivity index (χ3n) is 4.80. The minimum Gasteiger partial charge on any atom is -0.497 e. The smallest absolute Gasteiger partial charge is 0.435 e. The summed E-state index contributed by atoms with van der Waals surface area (Å²) < 4.78 is 53.0. The fraction of sp³-hybridized carbons (Fsp3) is 0.400. The average molecular weight is 454 g/mol. The number of ether oxygens (including phenoxy) is 2. The lowest BCUT2D eigenvalue weighted by atomic mass is 10.2. The van der Waals surface area contributed by atoms with E-state index in [-0.39, 0.29) is 25.1 Å². The van der Waals surface area contributed by atoms with Crippen LogP contribution in [-0.2, 0) is 22.3 Å². The quantitative estimate of drug-likeness (QED) is 0.495. The Morgan fingerprint density at radius 3 is 2.53 bits per heavy atom. The van der Waals surface area contributed by atoms with Crippen LogP contribution in [-0.4, -0.2) is 51.0 Å². The van der Waals surface area contributed by atoms with Gasteiger partial charge >= 0.3 is 12.1 Å². The maximum absolute atomic E-state index is 13.7. The molecule has 1 atom stereocenters. The van der Waals surface area contributed by atoms with Gasteiger partial charge in [-0.3, -0.25) is 9.48 Å². The highest BCUT2D eigenvalue weighted by Gasteiger charge is 2.39. The zero-order valence-corrected chi connectivity index (χ0v) is 17.3. The second-order valence-corrected chi connectivity index (χ2v) is 7.09. The van der Waals surface area contributed by atoms with Gasteiger partial charge in [-0.25, -0.2) is 9.48 Å². The van der Waals surface area contributed by atoms with Gasteiger partial charge in [0, 0.05) is 6.61 Å². The predicted molar refractivity (Wildman–Crippen MR) is 107 cm³/mol. The van der Waals surface area contributed by atoms with Crippen LogP contribution in [0.5, 0.6) is 5.75 Å². The van der Waals surface area contributed by atoms with Gasteiger partial charge in [-0.2, -0.15) is 23.4 Å². The Kier molecular flexibility index (Phi) is 6.82. The highest BCUT2D eigenvalue weighted by Crippen LogP contribution is 2.33. The topological polar surface area (TPSA) is 108 Å². The van der Waals surface area contributed by atoms with Crippen LogP contribution < -0.4 is 10.3 Å². The molecule has 0 spiro atoms.